The number of nitrogens with zero attached hydrogens (tertiary/aromatic N) is 2. The van der Waals surface area contributed by atoms with E-state index in [2.05, 4.69) is 15.5 Å². The van der Waals surface area contributed by atoms with Gasteiger partial charge in [-0.25, -0.2) is 4.79 Å². The normalized spacial score (nSPS) is 9.86. The number of aromatic nitrogens is 2. The van der Waals surface area contributed by atoms with E-state index in [-0.39, 0.29) is 0 Å². The Bertz CT molecular complexity index is 303. The lowest BCUT2D eigenvalue weighted by Gasteiger charge is -1.99. The molecule has 1 amide bonds. The first-order chi connectivity index (χ1) is 6.76. The lowest BCUT2D eigenvalue weighted by atomic mass is 10.9. The minimum absolute atomic E-state index is 0.348. The molecule has 1 heterocycles. The second kappa shape index (κ2) is 5.82. The molecule has 0 saturated carbocycles. The number of nitrogens with one attached hydrogen (secondary N) is 1. The molecule has 0 bridgehead atoms. The smallest absolute Gasteiger partial charge is 0.413 e. The summed E-state index contributed by atoms with van der Waals surface area (Å²) in [6.07, 6.45) is -0.489. The second-order valence-electron chi connectivity index (χ2n) is 2.15. The Morgan fingerprint density at radius 2 is 2.36 bits per heavy atom. The third-order valence-corrected chi connectivity index (χ3v) is 3.01. The molecule has 78 valence electrons. The summed E-state index contributed by atoms with van der Waals surface area (Å²) in [7, 11) is 0. The van der Waals surface area contributed by atoms with Crippen LogP contribution < -0.4 is 5.32 Å². The molecule has 7 heteroatoms. The first kappa shape index (κ1) is 11.3. The third-order valence-electron chi connectivity index (χ3n) is 1.16. The highest BCUT2D eigenvalue weighted by molar-refractivity contribution is 8.01. The van der Waals surface area contributed by atoms with Crippen molar-refractivity contribution in [1.82, 2.24) is 10.2 Å². The molecule has 1 aromatic heterocycles. The number of hydrogen-bond donors (Lipinski definition) is 1. The lowest BCUT2D eigenvalue weighted by Crippen LogP contribution is -2.12. The molecule has 0 fully saturated rings. The van der Waals surface area contributed by atoms with Crippen molar-refractivity contribution in [3.05, 3.63) is 0 Å². The third kappa shape index (κ3) is 3.51. The largest absolute Gasteiger partial charge is 0.450 e. The van der Waals surface area contributed by atoms with Crippen molar-refractivity contribution in [2.45, 2.75) is 18.2 Å². The molecule has 0 aliphatic rings. The van der Waals surface area contributed by atoms with E-state index in [0.717, 1.165) is 10.1 Å². The molecule has 0 aromatic carbocycles. The Morgan fingerprint density at radius 1 is 1.57 bits per heavy atom. The molecule has 0 unspecified atom stereocenters. The van der Waals surface area contributed by atoms with Gasteiger partial charge in [0.15, 0.2) is 4.34 Å². The van der Waals surface area contributed by atoms with Gasteiger partial charge < -0.3 is 4.74 Å². The van der Waals surface area contributed by atoms with Gasteiger partial charge in [0.1, 0.15) is 0 Å². The monoisotopic (exact) mass is 233 g/mol. The summed E-state index contributed by atoms with van der Waals surface area (Å²) in [6.45, 7) is 4.13. The zero-order valence-corrected chi connectivity index (χ0v) is 9.57. The van der Waals surface area contributed by atoms with Crippen LogP contribution >= 0.6 is 23.1 Å². The van der Waals surface area contributed by atoms with Crippen molar-refractivity contribution >= 4 is 34.3 Å². The molecular weight excluding hydrogens is 222 g/mol. The maximum absolute atomic E-state index is 11.0. The number of carbonyl (C=O) groups excluding carboxylic acids is 1. The van der Waals surface area contributed by atoms with E-state index in [1.54, 1.807) is 18.7 Å². The van der Waals surface area contributed by atoms with Crippen molar-refractivity contribution in [3.63, 3.8) is 0 Å². The standard InChI is InChI=1S/C7H11N3O2S2/c1-3-12-6(11)8-5-9-10-7(14-5)13-4-2/h3-4H2,1-2H3,(H,8,9,11). The topological polar surface area (TPSA) is 64.1 Å². The molecule has 0 saturated heterocycles. The summed E-state index contributed by atoms with van der Waals surface area (Å²) in [5, 5.41) is 10.6. The predicted octanol–water partition coefficient (Wildman–Crippen LogP) is 2.22. The molecule has 1 aromatic rings. The highest BCUT2D eigenvalue weighted by atomic mass is 32.2. The van der Waals surface area contributed by atoms with E-state index in [1.807, 2.05) is 6.92 Å². The Labute approximate surface area is 90.3 Å². The number of amides is 1. The van der Waals surface area contributed by atoms with Gasteiger partial charge in [-0.3, -0.25) is 5.32 Å². The second-order valence-corrected chi connectivity index (χ2v) is 4.64. The van der Waals surface area contributed by atoms with Crippen molar-refractivity contribution < 1.29 is 9.53 Å². The Hall–Kier alpha value is -0.820. The van der Waals surface area contributed by atoms with Gasteiger partial charge in [-0.05, 0) is 12.7 Å². The fourth-order valence-corrected chi connectivity index (χ4v) is 2.33. The average Bonchev–Trinajstić information content (AvgIpc) is 2.53. The van der Waals surface area contributed by atoms with Gasteiger partial charge in [0.05, 0.1) is 6.61 Å². The van der Waals surface area contributed by atoms with Gasteiger partial charge in [-0.2, -0.15) is 0 Å². The van der Waals surface area contributed by atoms with Crippen LogP contribution in [-0.2, 0) is 4.74 Å². The summed E-state index contributed by atoms with van der Waals surface area (Å²) >= 11 is 2.93. The van der Waals surface area contributed by atoms with Gasteiger partial charge in [-0.15, -0.1) is 10.2 Å². The summed E-state index contributed by atoms with van der Waals surface area (Å²) in [5.41, 5.74) is 0. The minimum atomic E-state index is -0.489. The average molecular weight is 233 g/mol. The van der Waals surface area contributed by atoms with Gasteiger partial charge in [-0.1, -0.05) is 30.0 Å². The van der Waals surface area contributed by atoms with Crippen LogP contribution in [0.2, 0.25) is 0 Å². The van der Waals surface area contributed by atoms with E-state index in [0.29, 0.717) is 11.7 Å². The molecule has 0 aliphatic carbocycles. The number of carbonyl (C=O) groups is 1. The van der Waals surface area contributed by atoms with E-state index < -0.39 is 6.09 Å². The quantitative estimate of drug-likeness (QED) is 0.638. The summed E-state index contributed by atoms with van der Waals surface area (Å²) in [4.78, 5) is 11.0. The molecular formula is C7H11N3O2S2. The summed E-state index contributed by atoms with van der Waals surface area (Å²) < 4.78 is 5.54. The van der Waals surface area contributed by atoms with Crippen molar-refractivity contribution in [2.24, 2.45) is 0 Å². The highest BCUT2D eigenvalue weighted by Crippen LogP contribution is 2.24. The van der Waals surface area contributed by atoms with Crippen molar-refractivity contribution in [1.29, 1.82) is 0 Å². The van der Waals surface area contributed by atoms with Gasteiger partial charge >= 0.3 is 6.09 Å². The molecule has 14 heavy (non-hydrogen) atoms. The van der Waals surface area contributed by atoms with Gasteiger partial charge in [0.2, 0.25) is 5.13 Å². The minimum Gasteiger partial charge on any atom is -0.450 e. The Kier molecular flexibility index (Phi) is 4.68. The maximum Gasteiger partial charge on any atom is 0.413 e. The van der Waals surface area contributed by atoms with Crippen molar-refractivity contribution in [3.8, 4) is 0 Å². The van der Waals surface area contributed by atoms with E-state index >= 15 is 0 Å². The fraction of sp³-hybridized carbons (Fsp3) is 0.571. The first-order valence-electron chi connectivity index (χ1n) is 4.16. The summed E-state index contributed by atoms with van der Waals surface area (Å²) in [6, 6.07) is 0. The van der Waals surface area contributed by atoms with Crippen LogP contribution in [0.5, 0.6) is 0 Å². The lowest BCUT2D eigenvalue weighted by molar-refractivity contribution is 0.168. The number of anilines is 1. The van der Waals surface area contributed by atoms with Gasteiger partial charge in [0.25, 0.3) is 0 Å². The number of ether oxygens (including phenoxy) is 1. The van der Waals surface area contributed by atoms with Crippen LogP contribution in [0.4, 0.5) is 9.93 Å². The van der Waals surface area contributed by atoms with E-state index in [4.69, 9.17) is 4.74 Å². The Balaban J connectivity index is 2.46. The van der Waals surface area contributed by atoms with Crippen LogP contribution in [0.1, 0.15) is 13.8 Å². The van der Waals surface area contributed by atoms with E-state index in [9.17, 15) is 4.79 Å². The van der Waals surface area contributed by atoms with Crippen LogP contribution in [-0.4, -0.2) is 28.7 Å². The summed E-state index contributed by atoms with van der Waals surface area (Å²) in [5.74, 6) is 0.939. The fourth-order valence-electron chi connectivity index (χ4n) is 0.697. The highest BCUT2D eigenvalue weighted by Gasteiger charge is 2.07. The number of rotatable bonds is 4. The van der Waals surface area contributed by atoms with Crippen LogP contribution in [0, 0.1) is 0 Å². The predicted molar refractivity (Wildman–Crippen MR) is 57.0 cm³/mol. The molecule has 0 spiro atoms. The molecule has 0 radical (unpaired) electrons. The number of thioether (sulfide) groups is 1. The zero-order valence-electron chi connectivity index (χ0n) is 7.94. The van der Waals surface area contributed by atoms with Crippen molar-refractivity contribution in [2.75, 3.05) is 17.7 Å². The molecule has 5 nitrogen and oxygen atoms in total. The first-order valence-corrected chi connectivity index (χ1v) is 5.96. The zero-order chi connectivity index (χ0) is 10.4. The number of hydrogen-bond acceptors (Lipinski definition) is 6. The Morgan fingerprint density at radius 3 is 3.00 bits per heavy atom. The van der Waals surface area contributed by atoms with Gasteiger partial charge in [0, 0.05) is 0 Å². The molecule has 1 N–H and O–H groups in total. The molecule has 1 rings (SSSR count). The van der Waals surface area contributed by atoms with Crippen LogP contribution in [0.25, 0.3) is 0 Å². The SMILES string of the molecule is CCOC(=O)Nc1nnc(SCC)s1. The van der Waals surface area contributed by atoms with E-state index in [1.165, 1.54) is 11.3 Å². The van der Waals surface area contributed by atoms with Crippen LogP contribution in [0.15, 0.2) is 4.34 Å². The molecule has 0 atom stereocenters. The maximum atomic E-state index is 11.0. The van der Waals surface area contributed by atoms with Crippen LogP contribution in [0.3, 0.4) is 0 Å². The molecule has 0 aliphatic heterocycles.